The van der Waals surface area contributed by atoms with Crippen LogP contribution < -0.4 is 14.5 Å². The molecular formula is C19H21N3O6S. The molecule has 2 rings (SSSR count). The van der Waals surface area contributed by atoms with E-state index in [2.05, 4.69) is 10.5 Å². The van der Waals surface area contributed by atoms with E-state index in [-0.39, 0.29) is 11.3 Å². The van der Waals surface area contributed by atoms with Crippen molar-refractivity contribution < 1.29 is 27.9 Å². The first kappa shape index (κ1) is 21.9. The van der Waals surface area contributed by atoms with Crippen molar-refractivity contribution >= 4 is 33.8 Å². The maximum absolute atomic E-state index is 12.5. The van der Waals surface area contributed by atoms with Gasteiger partial charge in [-0.2, -0.15) is 5.10 Å². The predicted octanol–water partition coefficient (Wildman–Crippen LogP) is 1.70. The summed E-state index contributed by atoms with van der Waals surface area (Å²) in [6, 6.07) is 11.2. The Morgan fingerprint density at radius 2 is 1.79 bits per heavy atom. The summed E-state index contributed by atoms with van der Waals surface area (Å²) in [6.07, 6.45) is 2.18. The monoisotopic (exact) mass is 419 g/mol. The lowest BCUT2D eigenvalue weighted by atomic mass is 10.1. The van der Waals surface area contributed by atoms with Gasteiger partial charge in [0.25, 0.3) is 5.91 Å². The summed E-state index contributed by atoms with van der Waals surface area (Å²) >= 11 is 0. The molecule has 0 bridgehead atoms. The van der Waals surface area contributed by atoms with Gasteiger partial charge in [-0.15, -0.1) is 0 Å². The zero-order valence-corrected chi connectivity index (χ0v) is 16.9. The van der Waals surface area contributed by atoms with Gasteiger partial charge in [-0.05, 0) is 37.3 Å². The number of hydrazone groups is 1. The van der Waals surface area contributed by atoms with Crippen LogP contribution in [0, 0.1) is 0 Å². The lowest BCUT2D eigenvalue weighted by molar-refractivity contribution is -0.121. The molecule has 9 nitrogen and oxygen atoms in total. The van der Waals surface area contributed by atoms with E-state index >= 15 is 0 Å². The third-order valence-corrected chi connectivity index (χ3v) is 5.23. The van der Waals surface area contributed by atoms with E-state index in [4.69, 9.17) is 9.84 Å². The van der Waals surface area contributed by atoms with Crippen LogP contribution in [0.15, 0.2) is 53.6 Å². The molecule has 2 aromatic carbocycles. The summed E-state index contributed by atoms with van der Waals surface area (Å²) in [5.41, 5.74) is 2.85. The summed E-state index contributed by atoms with van der Waals surface area (Å²) in [7, 11) is -2.29. The first-order chi connectivity index (χ1) is 13.6. The van der Waals surface area contributed by atoms with Gasteiger partial charge in [-0.25, -0.2) is 18.6 Å². The van der Waals surface area contributed by atoms with Crippen LogP contribution in [0.3, 0.4) is 0 Å². The number of methoxy groups -OCH3 is 1. The van der Waals surface area contributed by atoms with Crippen molar-refractivity contribution in [3.63, 3.8) is 0 Å². The number of aromatic carboxylic acids is 1. The van der Waals surface area contributed by atoms with Gasteiger partial charge in [0.1, 0.15) is 11.8 Å². The van der Waals surface area contributed by atoms with Gasteiger partial charge in [-0.3, -0.25) is 9.10 Å². The first-order valence-electron chi connectivity index (χ1n) is 8.44. The number of benzene rings is 2. The zero-order chi connectivity index (χ0) is 21.6. The van der Waals surface area contributed by atoms with Crippen LogP contribution in [0.1, 0.15) is 22.8 Å². The van der Waals surface area contributed by atoms with Gasteiger partial charge in [0.05, 0.1) is 30.8 Å². The highest BCUT2D eigenvalue weighted by Gasteiger charge is 2.29. The number of hydrogen-bond acceptors (Lipinski definition) is 6. The fraction of sp³-hybridized carbons (Fsp3) is 0.211. The summed E-state index contributed by atoms with van der Waals surface area (Å²) in [5.74, 6) is -1.27. The molecule has 10 heteroatoms. The van der Waals surface area contributed by atoms with Crippen molar-refractivity contribution in [1.29, 1.82) is 0 Å². The lowest BCUT2D eigenvalue weighted by Gasteiger charge is -2.27. The number of nitrogens with zero attached hydrogens (tertiary/aromatic N) is 2. The quantitative estimate of drug-likeness (QED) is 0.496. The molecule has 0 fully saturated rings. The van der Waals surface area contributed by atoms with E-state index in [0.717, 1.165) is 10.6 Å². The van der Waals surface area contributed by atoms with E-state index in [0.29, 0.717) is 11.3 Å². The number of carbonyl (C=O) groups is 2. The Morgan fingerprint density at radius 1 is 1.17 bits per heavy atom. The molecule has 0 aliphatic heterocycles. The zero-order valence-electron chi connectivity index (χ0n) is 16.1. The number of anilines is 1. The molecule has 29 heavy (non-hydrogen) atoms. The molecule has 0 spiro atoms. The van der Waals surface area contributed by atoms with Crippen LogP contribution in [-0.4, -0.2) is 51.0 Å². The maximum Gasteiger partial charge on any atom is 0.336 e. The highest BCUT2D eigenvalue weighted by Crippen LogP contribution is 2.23. The minimum Gasteiger partial charge on any atom is -0.497 e. The Balaban J connectivity index is 2.20. The summed E-state index contributed by atoms with van der Waals surface area (Å²) in [6.45, 7) is 1.42. The number of ether oxygens (including phenoxy) is 1. The molecule has 1 amide bonds. The Morgan fingerprint density at radius 3 is 2.34 bits per heavy atom. The average Bonchev–Trinajstić information content (AvgIpc) is 2.67. The van der Waals surface area contributed by atoms with Gasteiger partial charge in [0, 0.05) is 5.56 Å². The largest absolute Gasteiger partial charge is 0.497 e. The normalized spacial score (nSPS) is 12.4. The number of amides is 1. The van der Waals surface area contributed by atoms with Crippen molar-refractivity contribution in [2.45, 2.75) is 13.0 Å². The summed E-state index contributed by atoms with van der Waals surface area (Å²) in [5, 5.41) is 12.9. The number of sulfonamides is 1. The van der Waals surface area contributed by atoms with E-state index in [9.17, 15) is 18.0 Å². The molecule has 0 radical (unpaired) electrons. The van der Waals surface area contributed by atoms with Gasteiger partial charge < -0.3 is 9.84 Å². The number of carbonyl (C=O) groups excluding carboxylic acids is 1. The van der Waals surface area contributed by atoms with Crippen LogP contribution >= 0.6 is 0 Å². The highest BCUT2D eigenvalue weighted by molar-refractivity contribution is 7.92. The molecule has 0 aromatic heterocycles. The maximum atomic E-state index is 12.5. The van der Waals surface area contributed by atoms with Gasteiger partial charge in [0.2, 0.25) is 10.0 Å². The minimum absolute atomic E-state index is 0.0227. The second-order valence-corrected chi connectivity index (χ2v) is 7.92. The standard InChI is InChI=1S/C19H21N3O6S/c1-13(22(29(3,26)27)15-8-10-16(28-2)11-9-15)18(23)21-20-12-14-6-4-5-7-17(14)19(24)25/h4-13H,1-3H3,(H,21,23)(H,24,25)/b20-12-/t13-/m0/s1. The lowest BCUT2D eigenvalue weighted by Crippen LogP contribution is -2.46. The molecule has 0 unspecified atom stereocenters. The Labute approximate surface area is 168 Å². The van der Waals surface area contributed by atoms with Crippen molar-refractivity contribution in [2.24, 2.45) is 5.10 Å². The molecule has 0 aliphatic carbocycles. The van der Waals surface area contributed by atoms with Crippen molar-refractivity contribution in [1.82, 2.24) is 5.43 Å². The SMILES string of the molecule is COc1ccc(N([C@@H](C)C(=O)N/N=C\c2ccccc2C(=O)O)S(C)(=O)=O)cc1. The number of carboxylic acid groups (broad SMARTS) is 1. The van der Waals surface area contributed by atoms with E-state index < -0.39 is 27.9 Å². The van der Waals surface area contributed by atoms with Gasteiger partial charge in [0.15, 0.2) is 0 Å². The van der Waals surface area contributed by atoms with Crippen molar-refractivity contribution in [3.8, 4) is 5.75 Å². The van der Waals surface area contributed by atoms with Crippen LogP contribution in [0.4, 0.5) is 5.69 Å². The second-order valence-electron chi connectivity index (χ2n) is 6.06. The minimum atomic E-state index is -3.77. The van der Waals surface area contributed by atoms with Crippen LogP contribution in [0.25, 0.3) is 0 Å². The van der Waals surface area contributed by atoms with E-state index in [1.165, 1.54) is 44.5 Å². The molecule has 0 heterocycles. The molecule has 2 aromatic rings. The number of nitrogens with one attached hydrogen (secondary N) is 1. The Bertz CT molecular complexity index is 1020. The predicted molar refractivity (Wildman–Crippen MR) is 109 cm³/mol. The van der Waals surface area contributed by atoms with E-state index in [1.54, 1.807) is 24.3 Å². The second kappa shape index (κ2) is 9.20. The molecule has 2 N–H and O–H groups in total. The molecule has 0 saturated carbocycles. The summed E-state index contributed by atoms with van der Waals surface area (Å²) < 4.78 is 30.5. The van der Waals surface area contributed by atoms with Crippen LogP contribution in [0.2, 0.25) is 0 Å². The van der Waals surface area contributed by atoms with Crippen molar-refractivity contribution in [3.05, 3.63) is 59.7 Å². The third-order valence-electron chi connectivity index (χ3n) is 3.98. The molecule has 0 saturated heterocycles. The molecule has 154 valence electrons. The van der Waals surface area contributed by atoms with Crippen LogP contribution in [-0.2, 0) is 14.8 Å². The fourth-order valence-corrected chi connectivity index (χ4v) is 3.78. The van der Waals surface area contributed by atoms with Crippen molar-refractivity contribution in [2.75, 3.05) is 17.7 Å². The van der Waals surface area contributed by atoms with Gasteiger partial charge >= 0.3 is 5.97 Å². The van der Waals surface area contributed by atoms with Crippen LogP contribution in [0.5, 0.6) is 5.75 Å². The first-order valence-corrected chi connectivity index (χ1v) is 10.3. The Kier molecular flexibility index (Phi) is 6.94. The highest BCUT2D eigenvalue weighted by atomic mass is 32.2. The summed E-state index contributed by atoms with van der Waals surface area (Å²) in [4.78, 5) is 23.7. The van der Waals surface area contributed by atoms with E-state index in [1.807, 2.05) is 0 Å². The average molecular weight is 419 g/mol. The smallest absolute Gasteiger partial charge is 0.336 e. The number of rotatable bonds is 8. The number of carboxylic acids is 1. The third kappa shape index (κ3) is 5.55. The molecular weight excluding hydrogens is 398 g/mol. The topological polar surface area (TPSA) is 125 Å². The Hall–Kier alpha value is -3.40. The number of hydrogen-bond donors (Lipinski definition) is 2. The molecule has 0 aliphatic rings. The fourth-order valence-electron chi connectivity index (χ4n) is 2.60. The molecule has 1 atom stereocenters. The van der Waals surface area contributed by atoms with Gasteiger partial charge in [-0.1, -0.05) is 18.2 Å².